The van der Waals surface area contributed by atoms with Crippen molar-refractivity contribution in [2.24, 2.45) is 5.92 Å². The SMILES string of the molecule is CC(C)COc1ccccc1NCc1cccnc1. The zero-order valence-corrected chi connectivity index (χ0v) is 11.5. The Morgan fingerprint density at radius 2 is 2.00 bits per heavy atom. The van der Waals surface area contributed by atoms with E-state index in [-0.39, 0.29) is 0 Å². The summed E-state index contributed by atoms with van der Waals surface area (Å²) in [6.45, 7) is 5.76. The number of rotatable bonds is 6. The Morgan fingerprint density at radius 3 is 2.74 bits per heavy atom. The van der Waals surface area contributed by atoms with Gasteiger partial charge in [0.15, 0.2) is 0 Å². The number of hydrogen-bond donors (Lipinski definition) is 1. The fourth-order valence-corrected chi connectivity index (χ4v) is 1.69. The van der Waals surface area contributed by atoms with E-state index in [2.05, 4.69) is 30.2 Å². The van der Waals surface area contributed by atoms with Crippen LogP contribution >= 0.6 is 0 Å². The Kier molecular flexibility index (Phi) is 4.78. The van der Waals surface area contributed by atoms with Crippen LogP contribution in [0.4, 0.5) is 5.69 Å². The first-order chi connectivity index (χ1) is 9.25. The van der Waals surface area contributed by atoms with Gasteiger partial charge in [0.2, 0.25) is 0 Å². The third-order valence-corrected chi connectivity index (χ3v) is 2.66. The summed E-state index contributed by atoms with van der Waals surface area (Å²) in [5, 5.41) is 3.39. The summed E-state index contributed by atoms with van der Waals surface area (Å²) in [6, 6.07) is 12.0. The maximum atomic E-state index is 5.81. The van der Waals surface area contributed by atoms with E-state index >= 15 is 0 Å². The smallest absolute Gasteiger partial charge is 0.142 e. The van der Waals surface area contributed by atoms with Crippen LogP contribution in [0.1, 0.15) is 19.4 Å². The number of para-hydroxylation sites is 2. The molecule has 19 heavy (non-hydrogen) atoms. The number of aromatic nitrogens is 1. The predicted octanol–water partition coefficient (Wildman–Crippen LogP) is 3.73. The Labute approximate surface area is 114 Å². The molecule has 1 aromatic carbocycles. The van der Waals surface area contributed by atoms with Crippen molar-refractivity contribution in [3.05, 3.63) is 54.4 Å². The summed E-state index contributed by atoms with van der Waals surface area (Å²) in [5.41, 5.74) is 2.17. The summed E-state index contributed by atoms with van der Waals surface area (Å²) in [5.74, 6) is 1.42. The van der Waals surface area contributed by atoms with Gasteiger partial charge in [-0.25, -0.2) is 0 Å². The Morgan fingerprint density at radius 1 is 1.16 bits per heavy atom. The minimum atomic E-state index is 0.520. The van der Waals surface area contributed by atoms with Crippen LogP contribution in [0.3, 0.4) is 0 Å². The van der Waals surface area contributed by atoms with Crippen LogP contribution in [0.5, 0.6) is 5.75 Å². The van der Waals surface area contributed by atoms with Crippen LogP contribution in [0, 0.1) is 5.92 Å². The number of hydrogen-bond acceptors (Lipinski definition) is 3. The molecular weight excluding hydrogens is 236 g/mol. The highest BCUT2D eigenvalue weighted by atomic mass is 16.5. The number of anilines is 1. The van der Waals surface area contributed by atoms with Crippen LogP contribution in [-0.2, 0) is 6.54 Å². The van der Waals surface area contributed by atoms with Crippen molar-refractivity contribution >= 4 is 5.69 Å². The van der Waals surface area contributed by atoms with Crippen molar-refractivity contribution in [2.75, 3.05) is 11.9 Å². The van der Waals surface area contributed by atoms with Gasteiger partial charge in [-0.3, -0.25) is 4.98 Å². The van der Waals surface area contributed by atoms with E-state index in [0.717, 1.165) is 30.2 Å². The average molecular weight is 256 g/mol. The van der Waals surface area contributed by atoms with Gasteiger partial charge in [0, 0.05) is 18.9 Å². The highest BCUT2D eigenvalue weighted by Gasteiger charge is 2.03. The molecule has 1 aromatic heterocycles. The Hall–Kier alpha value is -2.03. The minimum Gasteiger partial charge on any atom is -0.491 e. The maximum absolute atomic E-state index is 5.81. The van der Waals surface area contributed by atoms with E-state index in [1.165, 1.54) is 0 Å². The Bertz CT molecular complexity index is 497. The zero-order valence-electron chi connectivity index (χ0n) is 11.5. The molecule has 3 heteroatoms. The van der Waals surface area contributed by atoms with Crippen LogP contribution in [0.15, 0.2) is 48.8 Å². The van der Waals surface area contributed by atoms with Crippen LogP contribution in [-0.4, -0.2) is 11.6 Å². The topological polar surface area (TPSA) is 34.1 Å². The molecule has 1 heterocycles. The monoisotopic (exact) mass is 256 g/mol. The fraction of sp³-hybridized carbons (Fsp3) is 0.312. The lowest BCUT2D eigenvalue weighted by Gasteiger charge is -2.14. The van der Waals surface area contributed by atoms with E-state index in [1.807, 2.05) is 36.5 Å². The number of nitrogens with zero attached hydrogens (tertiary/aromatic N) is 1. The maximum Gasteiger partial charge on any atom is 0.142 e. The van der Waals surface area contributed by atoms with Crippen LogP contribution in [0.2, 0.25) is 0 Å². The highest BCUT2D eigenvalue weighted by Crippen LogP contribution is 2.24. The number of benzene rings is 1. The highest BCUT2D eigenvalue weighted by molar-refractivity contribution is 5.56. The van der Waals surface area contributed by atoms with Gasteiger partial charge in [-0.05, 0) is 29.7 Å². The second-order valence-corrected chi connectivity index (χ2v) is 4.92. The summed E-state index contributed by atoms with van der Waals surface area (Å²) in [7, 11) is 0. The van der Waals surface area contributed by atoms with Crippen molar-refractivity contribution in [3.63, 3.8) is 0 Å². The third-order valence-electron chi connectivity index (χ3n) is 2.66. The van der Waals surface area contributed by atoms with Crippen molar-refractivity contribution in [1.29, 1.82) is 0 Å². The molecule has 0 amide bonds. The zero-order chi connectivity index (χ0) is 13.5. The van der Waals surface area contributed by atoms with E-state index in [1.54, 1.807) is 6.20 Å². The summed E-state index contributed by atoms with van der Waals surface area (Å²) in [4.78, 5) is 4.11. The molecule has 0 unspecified atom stereocenters. The van der Waals surface area contributed by atoms with Gasteiger partial charge in [0.1, 0.15) is 5.75 Å². The molecule has 0 aliphatic rings. The van der Waals surface area contributed by atoms with Gasteiger partial charge in [-0.15, -0.1) is 0 Å². The van der Waals surface area contributed by atoms with Crippen molar-refractivity contribution in [1.82, 2.24) is 4.98 Å². The largest absolute Gasteiger partial charge is 0.491 e. The molecule has 2 rings (SSSR count). The first kappa shape index (κ1) is 13.4. The summed E-state index contributed by atoms with van der Waals surface area (Å²) < 4.78 is 5.81. The summed E-state index contributed by atoms with van der Waals surface area (Å²) >= 11 is 0. The first-order valence-corrected chi connectivity index (χ1v) is 6.60. The second kappa shape index (κ2) is 6.78. The van der Waals surface area contributed by atoms with E-state index in [9.17, 15) is 0 Å². The molecule has 0 atom stereocenters. The first-order valence-electron chi connectivity index (χ1n) is 6.60. The van der Waals surface area contributed by atoms with Gasteiger partial charge in [0.05, 0.1) is 12.3 Å². The molecular formula is C16H20N2O. The third kappa shape index (κ3) is 4.28. The molecule has 0 bridgehead atoms. The molecule has 1 N–H and O–H groups in total. The fourth-order valence-electron chi connectivity index (χ4n) is 1.69. The van der Waals surface area contributed by atoms with E-state index in [4.69, 9.17) is 4.74 Å². The van der Waals surface area contributed by atoms with Crippen molar-refractivity contribution < 1.29 is 4.74 Å². The van der Waals surface area contributed by atoms with Gasteiger partial charge in [-0.2, -0.15) is 0 Å². The van der Waals surface area contributed by atoms with Gasteiger partial charge in [-0.1, -0.05) is 32.0 Å². The molecule has 0 aliphatic carbocycles. The lowest BCUT2D eigenvalue weighted by molar-refractivity contribution is 0.272. The number of pyridine rings is 1. The Balaban J connectivity index is 1.99. The van der Waals surface area contributed by atoms with E-state index in [0.29, 0.717) is 5.92 Å². The molecule has 0 fully saturated rings. The number of nitrogens with one attached hydrogen (secondary N) is 1. The predicted molar refractivity (Wildman–Crippen MR) is 78.3 cm³/mol. The quantitative estimate of drug-likeness (QED) is 0.855. The molecule has 0 saturated carbocycles. The normalized spacial score (nSPS) is 10.5. The lowest BCUT2D eigenvalue weighted by Crippen LogP contribution is -2.07. The van der Waals surface area contributed by atoms with Gasteiger partial charge in [0.25, 0.3) is 0 Å². The molecule has 0 spiro atoms. The number of ether oxygens (including phenoxy) is 1. The van der Waals surface area contributed by atoms with Crippen molar-refractivity contribution in [3.8, 4) is 5.75 Å². The molecule has 2 aromatic rings. The lowest BCUT2D eigenvalue weighted by atomic mass is 10.2. The molecule has 100 valence electrons. The molecule has 3 nitrogen and oxygen atoms in total. The van der Waals surface area contributed by atoms with Gasteiger partial charge < -0.3 is 10.1 Å². The van der Waals surface area contributed by atoms with Crippen LogP contribution < -0.4 is 10.1 Å². The van der Waals surface area contributed by atoms with E-state index < -0.39 is 0 Å². The molecule has 0 saturated heterocycles. The minimum absolute atomic E-state index is 0.520. The van der Waals surface area contributed by atoms with Crippen molar-refractivity contribution in [2.45, 2.75) is 20.4 Å². The second-order valence-electron chi connectivity index (χ2n) is 4.92. The van der Waals surface area contributed by atoms with Crippen LogP contribution in [0.25, 0.3) is 0 Å². The standard InChI is InChI=1S/C16H20N2O/c1-13(2)12-19-16-8-4-3-7-15(16)18-11-14-6-5-9-17-10-14/h3-10,13,18H,11-12H2,1-2H3. The molecule has 0 aliphatic heterocycles. The summed E-state index contributed by atoms with van der Waals surface area (Å²) in [6.07, 6.45) is 3.65. The average Bonchev–Trinajstić information content (AvgIpc) is 2.45. The molecule has 0 radical (unpaired) electrons. The van der Waals surface area contributed by atoms with Gasteiger partial charge >= 0.3 is 0 Å².